The van der Waals surface area contributed by atoms with Crippen molar-refractivity contribution in [3.8, 4) is 17.5 Å². The van der Waals surface area contributed by atoms with Crippen molar-refractivity contribution in [2.45, 2.75) is 13.0 Å². The number of benzene rings is 1. The maximum atomic E-state index is 14.0. The third kappa shape index (κ3) is 4.33. The number of fused-ring (bicyclic) bond motifs is 2. The van der Waals surface area contributed by atoms with Crippen molar-refractivity contribution in [1.29, 1.82) is 0 Å². The zero-order valence-corrected chi connectivity index (χ0v) is 21.6. The number of carbonyl (C=O) groups is 1. The number of carbonyl (C=O) groups excluding carboxylic acids is 1. The number of nitrogen functional groups attached to an aromatic ring is 1. The van der Waals surface area contributed by atoms with Crippen LogP contribution in [0, 0.1) is 11.8 Å². The molecule has 1 aromatic carbocycles. The summed E-state index contributed by atoms with van der Waals surface area (Å²) in [5.74, 6) is 6.01. The average molecular weight is 530 g/mol. The summed E-state index contributed by atoms with van der Waals surface area (Å²) in [5, 5.41) is 12.5. The molecule has 0 spiro atoms. The summed E-state index contributed by atoms with van der Waals surface area (Å²) in [7, 11) is 1.81. The molecule has 3 N–H and O–H groups in total. The maximum Gasteiger partial charge on any atom is 0.283 e. The van der Waals surface area contributed by atoms with Gasteiger partial charge in [0.15, 0.2) is 5.82 Å². The van der Waals surface area contributed by atoms with E-state index in [4.69, 9.17) is 10.8 Å². The standard InChI is InChI=1S/C29H23N9O2/c1-18(34-28(39)23-24-21(7-6-13-31-24)16-32-26(23)30)27-35-37-14-12-20(11-10-19-15-33-36(2)17-19)25(37)29(40)38(27)22-8-4-3-5-9-22/h3-9,12-18H,1-2H3,(H2,30,32)(H,34,39)/t18-/m1/s1. The van der Waals surface area contributed by atoms with Gasteiger partial charge < -0.3 is 11.1 Å². The van der Waals surface area contributed by atoms with Gasteiger partial charge in [-0.2, -0.15) is 10.2 Å². The predicted octanol–water partition coefficient (Wildman–Crippen LogP) is 2.63. The molecule has 5 aromatic heterocycles. The van der Waals surface area contributed by atoms with Crippen LogP contribution in [0.25, 0.3) is 22.1 Å². The Balaban J connectivity index is 1.45. The summed E-state index contributed by atoms with van der Waals surface area (Å²) >= 11 is 0. The van der Waals surface area contributed by atoms with Gasteiger partial charge in [0, 0.05) is 37.2 Å². The minimum absolute atomic E-state index is 0.0574. The first-order valence-corrected chi connectivity index (χ1v) is 12.4. The maximum absolute atomic E-state index is 14.0. The van der Waals surface area contributed by atoms with Crippen LogP contribution in [-0.2, 0) is 7.05 Å². The summed E-state index contributed by atoms with van der Waals surface area (Å²) < 4.78 is 4.63. The SMILES string of the molecule is C[C@@H](NC(=O)c1c(N)ncc2cccnc12)c1nn2ccc(C#Cc3cnn(C)c3)c2c(=O)n1-c1ccccc1. The molecule has 0 bridgehead atoms. The Bertz CT molecular complexity index is 2030. The number of nitrogens with two attached hydrogens (primary N) is 1. The molecule has 0 radical (unpaired) electrons. The van der Waals surface area contributed by atoms with Crippen molar-refractivity contribution in [1.82, 2.24) is 39.2 Å². The molecule has 1 atom stereocenters. The number of amides is 1. The smallest absolute Gasteiger partial charge is 0.283 e. The van der Waals surface area contributed by atoms with E-state index in [1.165, 1.54) is 9.08 Å². The van der Waals surface area contributed by atoms with Gasteiger partial charge in [-0.25, -0.2) is 9.50 Å². The number of pyridine rings is 2. The van der Waals surface area contributed by atoms with Gasteiger partial charge in [0.25, 0.3) is 11.5 Å². The van der Waals surface area contributed by atoms with E-state index in [2.05, 4.69) is 32.2 Å². The number of anilines is 1. The van der Waals surface area contributed by atoms with Gasteiger partial charge in [-0.1, -0.05) is 30.0 Å². The highest BCUT2D eigenvalue weighted by molar-refractivity contribution is 6.09. The lowest BCUT2D eigenvalue weighted by molar-refractivity contribution is 0.0939. The molecule has 11 heteroatoms. The van der Waals surface area contributed by atoms with Crippen LogP contribution < -0.4 is 16.6 Å². The van der Waals surface area contributed by atoms with E-state index in [-0.39, 0.29) is 16.9 Å². The molecule has 6 aromatic rings. The molecule has 0 aliphatic heterocycles. The number of hydrogen-bond donors (Lipinski definition) is 2. The summed E-state index contributed by atoms with van der Waals surface area (Å²) in [5.41, 5.74) is 8.52. The third-order valence-corrected chi connectivity index (χ3v) is 6.41. The Morgan fingerprint density at radius 2 is 1.88 bits per heavy atom. The van der Waals surface area contributed by atoms with Crippen molar-refractivity contribution in [3.63, 3.8) is 0 Å². The van der Waals surface area contributed by atoms with Crippen LogP contribution >= 0.6 is 0 Å². The van der Waals surface area contributed by atoms with Crippen LogP contribution in [0.15, 0.2) is 84.3 Å². The second-order valence-electron chi connectivity index (χ2n) is 9.16. The van der Waals surface area contributed by atoms with Crippen LogP contribution in [0.2, 0.25) is 0 Å². The molecule has 0 aliphatic carbocycles. The van der Waals surface area contributed by atoms with E-state index in [9.17, 15) is 9.59 Å². The van der Waals surface area contributed by atoms with Gasteiger partial charge in [-0.3, -0.25) is 23.8 Å². The lowest BCUT2D eigenvalue weighted by Gasteiger charge is -2.19. The molecule has 0 saturated carbocycles. The minimum atomic E-state index is -0.699. The first kappa shape index (κ1) is 24.6. The van der Waals surface area contributed by atoms with E-state index in [0.29, 0.717) is 33.5 Å². The molecule has 0 fully saturated rings. The number of para-hydroxylation sites is 1. The van der Waals surface area contributed by atoms with Gasteiger partial charge in [-0.05, 0) is 37.3 Å². The normalized spacial score (nSPS) is 11.8. The van der Waals surface area contributed by atoms with Crippen LogP contribution in [0.1, 0.15) is 40.3 Å². The van der Waals surface area contributed by atoms with E-state index in [1.807, 2.05) is 25.2 Å². The van der Waals surface area contributed by atoms with Gasteiger partial charge >= 0.3 is 0 Å². The number of rotatable bonds is 4. The fourth-order valence-electron chi connectivity index (χ4n) is 4.53. The van der Waals surface area contributed by atoms with Gasteiger partial charge in [0.2, 0.25) is 0 Å². The van der Waals surface area contributed by atoms with Crippen molar-refractivity contribution >= 4 is 28.1 Å². The molecule has 0 unspecified atom stereocenters. The zero-order valence-electron chi connectivity index (χ0n) is 21.6. The van der Waals surface area contributed by atoms with Gasteiger partial charge in [0.1, 0.15) is 16.9 Å². The summed E-state index contributed by atoms with van der Waals surface area (Å²) in [6.07, 6.45) is 8.28. The highest BCUT2D eigenvalue weighted by atomic mass is 16.2. The zero-order chi connectivity index (χ0) is 27.8. The molecular weight excluding hydrogens is 506 g/mol. The van der Waals surface area contributed by atoms with Crippen molar-refractivity contribution in [2.75, 3.05) is 5.73 Å². The lowest BCUT2D eigenvalue weighted by atomic mass is 10.1. The molecule has 1 amide bonds. The number of aromatic nitrogens is 7. The highest BCUT2D eigenvalue weighted by Gasteiger charge is 2.24. The Hall–Kier alpha value is -5.76. The third-order valence-electron chi connectivity index (χ3n) is 6.41. The molecule has 6 rings (SSSR count). The van der Waals surface area contributed by atoms with Crippen LogP contribution in [0.5, 0.6) is 0 Å². The van der Waals surface area contributed by atoms with E-state index >= 15 is 0 Å². The number of hydrogen-bond acceptors (Lipinski definition) is 7. The second kappa shape index (κ2) is 9.85. The summed E-state index contributed by atoms with van der Waals surface area (Å²) in [4.78, 5) is 36.0. The monoisotopic (exact) mass is 529 g/mol. The van der Waals surface area contributed by atoms with Gasteiger partial charge in [-0.15, -0.1) is 0 Å². The first-order valence-electron chi connectivity index (χ1n) is 12.4. The second-order valence-corrected chi connectivity index (χ2v) is 9.16. The van der Waals surface area contributed by atoms with E-state index in [0.717, 1.165) is 5.56 Å². The highest BCUT2D eigenvalue weighted by Crippen LogP contribution is 2.22. The van der Waals surface area contributed by atoms with Crippen LogP contribution in [0.3, 0.4) is 0 Å². The fraction of sp³-hybridized carbons (Fsp3) is 0.103. The molecule has 196 valence electrons. The first-order chi connectivity index (χ1) is 19.4. The quantitative estimate of drug-likeness (QED) is 0.335. The Morgan fingerprint density at radius 3 is 2.65 bits per heavy atom. The van der Waals surface area contributed by atoms with Crippen LogP contribution in [0.4, 0.5) is 5.82 Å². The van der Waals surface area contributed by atoms with E-state index in [1.54, 1.807) is 72.9 Å². The Labute approximate surface area is 227 Å². The number of nitrogens with one attached hydrogen (secondary N) is 1. The number of nitrogens with zero attached hydrogens (tertiary/aromatic N) is 7. The Kier molecular flexibility index (Phi) is 6.05. The topological polar surface area (TPSA) is 138 Å². The lowest BCUT2D eigenvalue weighted by Crippen LogP contribution is -2.35. The Morgan fingerprint density at radius 1 is 1.05 bits per heavy atom. The summed E-state index contributed by atoms with van der Waals surface area (Å²) in [6, 6.07) is 13.7. The van der Waals surface area contributed by atoms with E-state index < -0.39 is 11.9 Å². The van der Waals surface area contributed by atoms with Crippen molar-refractivity contribution < 1.29 is 4.79 Å². The predicted molar refractivity (Wildman–Crippen MR) is 150 cm³/mol. The minimum Gasteiger partial charge on any atom is -0.383 e. The van der Waals surface area contributed by atoms with Crippen molar-refractivity contribution in [3.05, 3.63) is 112 Å². The number of aryl methyl sites for hydroxylation is 1. The average Bonchev–Trinajstić information content (AvgIpc) is 3.57. The molecule has 40 heavy (non-hydrogen) atoms. The summed E-state index contributed by atoms with van der Waals surface area (Å²) in [6.45, 7) is 1.75. The van der Waals surface area contributed by atoms with Gasteiger partial charge in [0.05, 0.1) is 34.6 Å². The largest absolute Gasteiger partial charge is 0.383 e. The molecule has 0 aliphatic rings. The van der Waals surface area contributed by atoms with Crippen LogP contribution in [-0.4, -0.2) is 39.8 Å². The molecular formula is C29H23N9O2. The molecule has 5 heterocycles. The molecule has 11 nitrogen and oxygen atoms in total. The molecule has 0 saturated heterocycles. The fourth-order valence-corrected chi connectivity index (χ4v) is 4.53. The van der Waals surface area contributed by atoms with Crippen molar-refractivity contribution in [2.24, 2.45) is 7.05 Å².